The van der Waals surface area contributed by atoms with Crippen LogP contribution in [0, 0.1) is 6.92 Å². The standard InChI is InChI=1S/C19H23N5O2S/c1-14-11-24(13-21-14)17-4-3-15(9-18(17)25-2)22-19-20-10-16(27-19)12-23-5-7-26-8-6-23/h3-4,9-11,13H,5-8,12H2,1-2H3,(H,20,22). The van der Waals surface area contributed by atoms with Crippen molar-refractivity contribution in [3.8, 4) is 11.4 Å². The number of aromatic nitrogens is 3. The summed E-state index contributed by atoms with van der Waals surface area (Å²) in [6, 6.07) is 6.02. The van der Waals surface area contributed by atoms with Crippen molar-refractivity contribution in [2.24, 2.45) is 0 Å². The molecule has 3 aromatic rings. The predicted molar refractivity (Wildman–Crippen MR) is 106 cm³/mol. The molecule has 0 amide bonds. The monoisotopic (exact) mass is 385 g/mol. The van der Waals surface area contributed by atoms with Crippen molar-refractivity contribution in [2.45, 2.75) is 13.5 Å². The highest BCUT2D eigenvalue weighted by Crippen LogP contribution is 2.30. The van der Waals surface area contributed by atoms with Crippen LogP contribution >= 0.6 is 11.3 Å². The molecule has 0 spiro atoms. The summed E-state index contributed by atoms with van der Waals surface area (Å²) in [4.78, 5) is 12.4. The maximum atomic E-state index is 5.57. The zero-order valence-corrected chi connectivity index (χ0v) is 16.3. The van der Waals surface area contributed by atoms with E-state index < -0.39 is 0 Å². The van der Waals surface area contributed by atoms with Crippen molar-refractivity contribution in [3.63, 3.8) is 0 Å². The average Bonchev–Trinajstić information content (AvgIpc) is 3.31. The van der Waals surface area contributed by atoms with Crippen LogP contribution in [0.2, 0.25) is 0 Å². The first-order valence-electron chi connectivity index (χ1n) is 8.92. The molecule has 8 heteroatoms. The minimum Gasteiger partial charge on any atom is -0.494 e. The van der Waals surface area contributed by atoms with E-state index in [-0.39, 0.29) is 0 Å². The molecule has 27 heavy (non-hydrogen) atoms. The van der Waals surface area contributed by atoms with E-state index in [1.54, 1.807) is 24.8 Å². The summed E-state index contributed by atoms with van der Waals surface area (Å²) in [6.45, 7) is 6.47. The first-order valence-corrected chi connectivity index (χ1v) is 9.74. The molecule has 0 radical (unpaired) electrons. The fraction of sp³-hybridized carbons (Fsp3) is 0.368. The maximum Gasteiger partial charge on any atom is 0.187 e. The molecular formula is C19H23N5O2S. The van der Waals surface area contributed by atoms with Gasteiger partial charge in [-0.3, -0.25) is 4.90 Å². The number of nitrogens with zero attached hydrogens (tertiary/aromatic N) is 4. The molecule has 1 aliphatic heterocycles. The van der Waals surface area contributed by atoms with Crippen molar-refractivity contribution in [1.29, 1.82) is 0 Å². The molecule has 1 aliphatic rings. The van der Waals surface area contributed by atoms with Crippen LogP contribution in [-0.4, -0.2) is 52.8 Å². The molecule has 1 aromatic carbocycles. The van der Waals surface area contributed by atoms with Crippen molar-refractivity contribution in [2.75, 3.05) is 38.7 Å². The van der Waals surface area contributed by atoms with Crippen LogP contribution in [0.25, 0.3) is 5.69 Å². The van der Waals surface area contributed by atoms with Gasteiger partial charge in [0.05, 0.1) is 38.0 Å². The summed E-state index contributed by atoms with van der Waals surface area (Å²) in [6.07, 6.45) is 5.71. The van der Waals surface area contributed by atoms with Crippen LogP contribution < -0.4 is 10.1 Å². The molecule has 4 rings (SSSR count). The molecule has 2 aromatic heterocycles. The molecule has 7 nitrogen and oxygen atoms in total. The number of benzene rings is 1. The summed E-state index contributed by atoms with van der Waals surface area (Å²) in [5.41, 5.74) is 2.87. The van der Waals surface area contributed by atoms with Crippen molar-refractivity contribution < 1.29 is 9.47 Å². The van der Waals surface area contributed by atoms with Crippen LogP contribution in [0.15, 0.2) is 36.9 Å². The zero-order valence-electron chi connectivity index (χ0n) is 15.5. The highest BCUT2D eigenvalue weighted by molar-refractivity contribution is 7.15. The summed E-state index contributed by atoms with van der Waals surface area (Å²) >= 11 is 1.68. The number of hydrogen-bond donors (Lipinski definition) is 1. The Kier molecular flexibility index (Phi) is 5.38. The fourth-order valence-corrected chi connectivity index (χ4v) is 3.94. The largest absolute Gasteiger partial charge is 0.494 e. The van der Waals surface area contributed by atoms with E-state index in [0.29, 0.717) is 0 Å². The number of imidazole rings is 1. The second-order valence-corrected chi connectivity index (χ2v) is 7.57. The molecule has 0 unspecified atom stereocenters. The number of aryl methyl sites for hydroxylation is 1. The van der Waals surface area contributed by atoms with E-state index >= 15 is 0 Å². The van der Waals surface area contributed by atoms with E-state index in [1.807, 2.05) is 42.1 Å². The molecule has 1 saturated heterocycles. The minimum absolute atomic E-state index is 0.780. The average molecular weight is 385 g/mol. The first-order chi connectivity index (χ1) is 13.2. The van der Waals surface area contributed by atoms with Crippen LogP contribution in [0.4, 0.5) is 10.8 Å². The van der Waals surface area contributed by atoms with Gasteiger partial charge in [-0.1, -0.05) is 0 Å². The summed E-state index contributed by atoms with van der Waals surface area (Å²) in [5.74, 6) is 0.780. The maximum absolute atomic E-state index is 5.57. The minimum atomic E-state index is 0.780. The number of rotatable bonds is 6. The third-order valence-corrected chi connectivity index (χ3v) is 5.36. The molecule has 0 saturated carbocycles. The summed E-state index contributed by atoms with van der Waals surface area (Å²) in [5, 5.41) is 4.26. The lowest BCUT2D eigenvalue weighted by Crippen LogP contribution is -2.35. The second-order valence-electron chi connectivity index (χ2n) is 6.45. The third kappa shape index (κ3) is 4.29. The number of methoxy groups -OCH3 is 1. The van der Waals surface area contributed by atoms with Gasteiger partial charge < -0.3 is 19.4 Å². The highest BCUT2D eigenvalue weighted by atomic mass is 32.1. The Balaban J connectivity index is 1.46. The lowest BCUT2D eigenvalue weighted by atomic mass is 10.2. The number of morpholine rings is 1. The van der Waals surface area contributed by atoms with Crippen LogP contribution in [0.1, 0.15) is 10.6 Å². The van der Waals surface area contributed by atoms with E-state index in [2.05, 4.69) is 20.2 Å². The van der Waals surface area contributed by atoms with Crippen molar-refractivity contribution in [1.82, 2.24) is 19.4 Å². The predicted octanol–water partition coefficient (Wildman–Crippen LogP) is 3.22. The zero-order chi connectivity index (χ0) is 18.6. The van der Waals surface area contributed by atoms with E-state index in [4.69, 9.17) is 9.47 Å². The van der Waals surface area contributed by atoms with E-state index in [1.165, 1.54) is 4.88 Å². The van der Waals surface area contributed by atoms with E-state index in [0.717, 1.165) is 60.8 Å². The quantitative estimate of drug-likeness (QED) is 0.703. The van der Waals surface area contributed by atoms with Gasteiger partial charge in [-0.2, -0.15) is 0 Å². The van der Waals surface area contributed by atoms with Gasteiger partial charge in [-0.25, -0.2) is 9.97 Å². The van der Waals surface area contributed by atoms with Gasteiger partial charge in [0, 0.05) is 48.7 Å². The van der Waals surface area contributed by atoms with Gasteiger partial charge in [-0.15, -0.1) is 11.3 Å². The third-order valence-electron chi connectivity index (χ3n) is 4.46. The molecule has 1 fully saturated rings. The van der Waals surface area contributed by atoms with Crippen molar-refractivity contribution >= 4 is 22.2 Å². The lowest BCUT2D eigenvalue weighted by Gasteiger charge is -2.25. The normalized spacial score (nSPS) is 15.0. The number of thiazole rings is 1. The van der Waals surface area contributed by atoms with Crippen molar-refractivity contribution in [3.05, 3.63) is 47.5 Å². The Morgan fingerprint density at radius 2 is 2.11 bits per heavy atom. The molecule has 0 aliphatic carbocycles. The number of ether oxygens (including phenoxy) is 2. The Morgan fingerprint density at radius 3 is 2.85 bits per heavy atom. The Morgan fingerprint density at radius 1 is 1.26 bits per heavy atom. The topological polar surface area (TPSA) is 64.4 Å². The fourth-order valence-electron chi connectivity index (χ4n) is 3.06. The smallest absolute Gasteiger partial charge is 0.187 e. The second kappa shape index (κ2) is 8.08. The molecule has 0 atom stereocenters. The Bertz CT molecular complexity index is 901. The van der Waals surface area contributed by atoms with Gasteiger partial charge in [0.15, 0.2) is 5.13 Å². The highest BCUT2D eigenvalue weighted by Gasteiger charge is 2.13. The first kappa shape index (κ1) is 18.0. The Hall–Kier alpha value is -2.42. The SMILES string of the molecule is COc1cc(Nc2ncc(CN3CCOCC3)s2)ccc1-n1cnc(C)c1. The summed E-state index contributed by atoms with van der Waals surface area (Å²) < 4.78 is 12.9. The van der Waals surface area contributed by atoms with Crippen LogP contribution in [0.3, 0.4) is 0 Å². The van der Waals surface area contributed by atoms with Gasteiger partial charge in [0.2, 0.25) is 0 Å². The molecule has 142 valence electrons. The number of anilines is 2. The number of nitrogens with one attached hydrogen (secondary N) is 1. The van der Waals surface area contributed by atoms with E-state index in [9.17, 15) is 0 Å². The van der Waals surface area contributed by atoms with Gasteiger partial charge in [0.1, 0.15) is 5.75 Å². The lowest BCUT2D eigenvalue weighted by molar-refractivity contribution is 0.0346. The Labute approximate surface area is 162 Å². The number of hydrogen-bond acceptors (Lipinski definition) is 7. The van der Waals surface area contributed by atoms with Gasteiger partial charge in [0.25, 0.3) is 0 Å². The molecular weight excluding hydrogens is 362 g/mol. The van der Waals surface area contributed by atoms with Gasteiger partial charge in [-0.05, 0) is 19.1 Å². The molecule has 3 heterocycles. The summed E-state index contributed by atoms with van der Waals surface area (Å²) in [7, 11) is 1.68. The molecule has 1 N–H and O–H groups in total. The molecule has 0 bridgehead atoms. The van der Waals surface area contributed by atoms with Gasteiger partial charge >= 0.3 is 0 Å². The van der Waals surface area contributed by atoms with Crippen LogP contribution in [-0.2, 0) is 11.3 Å². The van der Waals surface area contributed by atoms with Crippen LogP contribution in [0.5, 0.6) is 5.75 Å².